The summed E-state index contributed by atoms with van der Waals surface area (Å²) in [5, 5.41) is 24.3. The molecule has 0 radical (unpaired) electrons. The minimum Gasteiger partial charge on any atom is -0.480 e. The lowest BCUT2D eigenvalue weighted by atomic mass is 10.4. The van der Waals surface area contributed by atoms with E-state index in [2.05, 4.69) is 0 Å². The van der Waals surface area contributed by atoms with Gasteiger partial charge in [-0.15, -0.1) is 0 Å². The van der Waals surface area contributed by atoms with Crippen LogP contribution in [0.2, 0.25) is 0 Å². The third kappa shape index (κ3) is 79.3. The first-order valence-electron chi connectivity index (χ1n) is 9.98. The minimum atomic E-state index is -4.64. The smallest absolute Gasteiger partial charge is 0.466 e. The Morgan fingerprint density at radius 2 is 0.781 bits per heavy atom. The lowest BCUT2D eigenvalue weighted by Crippen LogP contribution is -2.07. The summed E-state index contributed by atoms with van der Waals surface area (Å²) in [7, 11) is -4.64. The molecule has 0 bridgehead atoms. The van der Waals surface area contributed by atoms with E-state index < -0.39 is 25.7 Å². The van der Waals surface area contributed by atoms with Crippen LogP contribution in [-0.2, 0) is 33.2 Å². The van der Waals surface area contributed by atoms with Crippen LogP contribution in [0.1, 0.15) is 59.3 Å². The molecule has 0 aliphatic rings. The van der Waals surface area contributed by atoms with Gasteiger partial charge in [0.2, 0.25) is 0 Å². The molecular weight excluding hydrogens is 455 g/mol. The van der Waals surface area contributed by atoms with Crippen LogP contribution in [0.3, 0.4) is 0 Å². The molecule has 0 fully saturated rings. The number of carboxylic acid groups (broad SMARTS) is 3. The molecule has 0 aliphatic heterocycles. The molecule has 0 atom stereocenters. The van der Waals surface area contributed by atoms with Crippen molar-refractivity contribution in [3.63, 3.8) is 0 Å². The third-order valence-electron chi connectivity index (χ3n) is 2.60. The molecule has 0 heterocycles. The fourth-order valence-electron chi connectivity index (χ4n) is 1.22. The molecule has 0 aromatic heterocycles. The Morgan fingerprint density at radius 3 is 0.906 bits per heavy atom. The molecule has 0 rings (SSSR count). The van der Waals surface area contributed by atoms with Crippen molar-refractivity contribution in [1.29, 1.82) is 0 Å². The number of carbonyl (C=O) groups is 3. The Labute approximate surface area is 188 Å². The maximum Gasteiger partial charge on any atom is 0.466 e. The molecule has 6 N–H and O–H groups in total. The van der Waals surface area contributed by atoms with Gasteiger partial charge in [0.25, 0.3) is 0 Å². The van der Waals surface area contributed by atoms with Gasteiger partial charge in [0, 0.05) is 19.8 Å². The predicted octanol–water partition coefficient (Wildman–Crippen LogP) is 1.73. The Morgan fingerprint density at radius 1 is 0.594 bits per heavy atom. The minimum absolute atomic E-state index is 0.167. The molecule has 0 saturated carbocycles. The van der Waals surface area contributed by atoms with Gasteiger partial charge in [-0.1, -0.05) is 40.0 Å². The Kier molecular flexibility index (Phi) is 34.6. The van der Waals surface area contributed by atoms with Gasteiger partial charge in [-0.3, -0.25) is 0 Å². The monoisotopic (exact) mass is 494 g/mol. The average molecular weight is 494 g/mol. The van der Waals surface area contributed by atoms with Gasteiger partial charge in [0.1, 0.15) is 19.8 Å². The van der Waals surface area contributed by atoms with Crippen molar-refractivity contribution < 1.29 is 63.2 Å². The molecule has 0 unspecified atom stereocenters. The average Bonchev–Trinajstić information content (AvgIpc) is 2.65. The van der Waals surface area contributed by atoms with Crippen molar-refractivity contribution in [2.75, 3.05) is 39.6 Å². The second kappa shape index (κ2) is 29.4. The first-order valence-corrected chi connectivity index (χ1v) is 11.5. The van der Waals surface area contributed by atoms with Crippen LogP contribution in [0.5, 0.6) is 0 Å². The van der Waals surface area contributed by atoms with Crippen LogP contribution in [0.25, 0.3) is 0 Å². The van der Waals surface area contributed by atoms with Gasteiger partial charge >= 0.3 is 25.7 Å². The predicted molar refractivity (Wildman–Crippen MR) is 114 cm³/mol. The fourth-order valence-corrected chi connectivity index (χ4v) is 1.22. The third-order valence-corrected chi connectivity index (χ3v) is 2.60. The topological polar surface area (TPSA) is 217 Å². The summed E-state index contributed by atoms with van der Waals surface area (Å²) in [4.78, 5) is 51.1. The summed E-state index contributed by atoms with van der Waals surface area (Å²) in [6.07, 6.45) is 5.94. The van der Waals surface area contributed by atoms with E-state index in [0.29, 0.717) is 19.8 Å². The van der Waals surface area contributed by atoms with Crippen molar-refractivity contribution in [3.8, 4) is 0 Å². The van der Waals surface area contributed by atoms with Crippen molar-refractivity contribution in [2.24, 2.45) is 0 Å². The molecule has 194 valence electrons. The molecule has 13 nitrogen and oxygen atoms in total. The molecule has 0 aromatic rings. The Balaban J connectivity index is -0.000000167. The maximum absolute atomic E-state index is 9.84. The first-order chi connectivity index (χ1) is 14.8. The van der Waals surface area contributed by atoms with Crippen molar-refractivity contribution >= 4 is 25.7 Å². The summed E-state index contributed by atoms with van der Waals surface area (Å²) in [5.41, 5.74) is 0. The van der Waals surface area contributed by atoms with Crippen LogP contribution in [-0.4, -0.2) is 87.5 Å². The largest absolute Gasteiger partial charge is 0.480 e. The number of carboxylic acids is 3. The fraction of sp³-hybridized carbons (Fsp3) is 0.833. The highest BCUT2D eigenvalue weighted by Crippen LogP contribution is 2.25. The van der Waals surface area contributed by atoms with E-state index in [1.807, 2.05) is 20.8 Å². The van der Waals surface area contributed by atoms with E-state index in [0.717, 1.165) is 38.5 Å². The van der Waals surface area contributed by atoms with Crippen molar-refractivity contribution in [2.45, 2.75) is 59.3 Å². The molecule has 0 amide bonds. The zero-order chi connectivity index (χ0) is 25.8. The van der Waals surface area contributed by atoms with Gasteiger partial charge in [-0.25, -0.2) is 18.9 Å². The van der Waals surface area contributed by atoms with E-state index >= 15 is 0 Å². The lowest BCUT2D eigenvalue weighted by Gasteiger charge is -1.96. The second-order valence-corrected chi connectivity index (χ2v) is 6.94. The zero-order valence-electron chi connectivity index (χ0n) is 19.0. The van der Waals surface area contributed by atoms with E-state index in [1.54, 1.807) is 0 Å². The molecule has 0 aliphatic carbocycles. The number of hydrogen-bond acceptors (Lipinski definition) is 7. The zero-order valence-corrected chi connectivity index (χ0v) is 19.9. The Hall–Kier alpha value is -1.60. The number of aliphatic carboxylic acids is 3. The second-order valence-electron chi connectivity index (χ2n) is 5.91. The lowest BCUT2D eigenvalue weighted by molar-refractivity contribution is -0.143. The van der Waals surface area contributed by atoms with Crippen LogP contribution >= 0.6 is 7.82 Å². The number of unbranched alkanes of at least 4 members (excludes halogenated alkanes) is 3. The normalized spacial score (nSPS) is 9.81. The van der Waals surface area contributed by atoms with Gasteiger partial charge < -0.3 is 44.2 Å². The molecule has 0 aromatic carbocycles. The first kappa shape index (κ1) is 37.7. The molecule has 0 spiro atoms. The van der Waals surface area contributed by atoms with Crippen LogP contribution < -0.4 is 0 Å². The van der Waals surface area contributed by atoms with Gasteiger partial charge in [0.15, 0.2) is 0 Å². The summed E-state index contributed by atoms with van der Waals surface area (Å²) in [6, 6.07) is 0. The number of ether oxygens (including phenoxy) is 3. The van der Waals surface area contributed by atoms with Crippen molar-refractivity contribution in [3.05, 3.63) is 0 Å². The van der Waals surface area contributed by atoms with E-state index in [-0.39, 0.29) is 19.8 Å². The molecular formula is C18H39O13P. The summed E-state index contributed by atoms with van der Waals surface area (Å²) < 4.78 is 23.1. The summed E-state index contributed by atoms with van der Waals surface area (Å²) in [5.74, 6) is -2.69. The Bertz CT molecular complexity index is 419. The van der Waals surface area contributed by atoms with Gasteiger partial charge in [0.05, 0.1) is 0 Å². The SMILES string of the molecule is CCCCOCC(=O)O.CCCCOCC(=O)O.CCCCOCC(=O)O.O=P(O)(O)O. The maximum atomic E-state index is 9.84. The van der Waals surface area contributed by atoms with E-state index in [4.69, 9.17) is 48.8 Å². The number of rotatable bonds is 15. The van der Waals surface area contributed by atoms with Crippen LogP contribution in [0, 0.1) is 0 Å². The van der Waals surface area contributed by atoms with Crippen LogP contribution in [0.15, 0.2) is 0 Å². The highest BCUT2D eigenvalue weighted by Gasteiger charge is 2.00. The standard InChI is InChI=1S/3C6H12O3.H3O4P/c3*1-2-3-4-9-5-6(7)8;1-5(2,3)4/h3*2-5H2,1H3,(H,7,8);(H3,1,2,3,4). The molecule has 14 heteroatoms. The molecule has 0 saturated heterocycles. The molecule has 32 heavy (non-hydrogen) atoms. The number of hydrogen-bond donors (Lipinski definition) is 6. The summed E-state index contributed by atoms with van der Waals surface area (Å²) >= 11 is 0. The highest BCUT2D eigenvalue weighted by molar-refractivity contribution is 7.45. The van der Waals surface area contributed by atoms with Gasteiger partial charge in [-0.2, -0.15) is 0 Å². The summed E-state index contributed by atoms with van der Waals surface area (Å²) in [6.45, 7) is 7.27. The highest BCUT2D eigenvalue weighted by atomic mass is 31.2. The van der Waals surface area contributed by atoms with E-state index in [1.165, 1.54) is 0 Å². The quantitative estimate of drug-likeness (QED) is 0.141. The van der Waals surface area contributed by atoms with E-state index in [9.17, 15) is 14.4 Å². The van der Waals surface area contributed by atoms with Crippen LogP contribution in [0.4, 0.5) is 0 Å². The van der Waals surface area contributed by atoms with Crippen molar-refractivity contribution in [1.82, 2.24) is 0 Å². The number of phosphoric acid groups is 1. The van der Waals surface area contributed by atoms with Gasteiger partial charge in [-0.05, 0) is 19.3 Å².